The van der Waals surface area contributed by atoms with Crippen LogP contribution in [0.4, 0.5) is 0 Å². The van der Waals surface area contributed by atoms with Crippen LogP contribution in [0.1, 0.15) is 17.2 Å². The second kappa shape index (κ2) is 3.70. The molecule has 0 saturated carbocycles. The normalized spacial score (nSPS) is 21.3. The molecule has 2 nitrogen and oxygen atoms in total. The van der Waals surface area contributed by atoms with E-state index in [0.717, 1.165) is 27.7 Å². The van der Waals surface area contributed by atoms with Crippen molar-refractivity contribution in [2.45, 2.75) is 12.6 Å². The Morgan fingerprint density at radius 2 is 2.07 bits per heavy atom. The fraction of sp³-hybridized carbons (Fsp3) is 0.400. The summed E-state index contributed by atoms with van der Waals surface area (Å²) in [4.78, 5) is 2.17. The third kappa shape index (κ3) is 1.43. The van der Waals surface area contributed by atoms with Gasteiger partial charge in [0.25, 0.3) is 0 Å². The molecule has 0 saturated heterocycles. The van der Waals surface area contributed by atoms with Crippen molar-refractivity contribution < 1.29 is 0 Å². The molecule has 2 rings (SSSR count). The standard InChI is InChI=1S/C10H12Cl2N2/c1-14-5-6-7(11)2-3-8(12)10(6)9(14)4-13/h2-3,9H,4-5,13H2,1H3. The molecule has 1 heterocycles. The molecule has 0 amide bonds. The first-order chi connectivity index (χ1) is 6.65. The lowest BCUT2D eigenvalue weighted by Crippen LogP contribution is -2.24. The lowest BCUT2D eigenvalue weighted by atomic mass is 10.1. The summed E-state index contributed by atoms with van der Waals surface area (Å²) in [5.74, 6) is 0. The van der Waals surface area contributed by atoms with Crippen molar-refractivity contribution in [2.24, 2.45) is 5.73 Å². The van der Waals surface area contributed by atoms with Gasteiger partial charge in [0.1, 0.15) is 0 Å². The van der Waals surface area contributed by atoms with E-state index < -0.39 is 0 Å². The Morgan fingerprint density at radius 1 is 1.43 bits per heavy atom. The Balaban J connectivity index is 2.57. The van der Waals surface area contributed by atoms with Crippen molar-refractivity contribution in [1.82, 2.24) is 4.90 Å². The highest BCUT2D eigenvalue weighted by atomic mass is 35.5. The van der Waals surface area contributed by atoms with E-state index in [4.69, 9.17) is 28.9 Å². The number of nitrogens with zero attached hydrogens (tertiary/aromatic N) is 1. The van der Waals surface area contributed by atoms with Crippen LogP contribution in [-0.2, 0) is 6.54 Å². The van der Waals surface area contributed by atoms with Crippen molar-refractivity contribution in [1.29, 1.82) is 0 Å². The molecular formula is C10H12Cl2N2. The Morgan fingerprint density at radius 3 is 2.71 bits per heavy atom. The van der Waals surface area contributed by atoms with Gasteiger partial charge in [0.2, 0.25) is 0 Å². The first-order valence-corrected chi connectivity index (χ1v) is 5.27. The molecule has 1 aliphatic rings. The van der Waals surface area contributed by atoms with Gasteiger partial charge >= 0.3 is 0 Å². The van der Waals surface area contributed by atoms with Gasteiger partial charge in [-0.15, -0.1) is 0 Å². The minimum Gasteiger partial charge on any atom is -0.329 e. The number of nitrogens with two attached hydrogens (primary N) is 1. The van der Waals surface area contributed by atoms with Crippen LogP contribution in [0.15, 0.2) is 12.1 Å². The number of benzene rings is 1. The van der Waals surface area contributed by atoms with E-state index in [2.05, 4.69) is 4.90 Å². The van der Waals surface area contributed by atoms with Gasteiger partial charge < -0.3 is 5.73 Å². The van der Waals surface area contributed by atoms with E-state index in [1.165, 1.54) is 0 Å². The summed E-state index contributed by atoms with van der Waals surface area (Å²) in [5.41, 5.74) is 7.94. The largest absolute Gasteiger partial charge is 0.329 e. The summed E-state index contributed by atoms with van der Waals surface area (Å²) < 4.78 is 0. The molecular weight excluding hydrogens is 219 g/mol. The first kappa shape index (κ1) is 10.2. The number of fused-ring (bicyclic) bond motifs is 1. The van der Waals surface area contributed by atoms with Crippen LogP contribution in [0.5, 0.6) is 0 Å². The molecule has 0 radical (unpaired) electrons. The topological polar surface area (TPSA) is 29.3 Å². The molecule has 0 fully saturated rings. The number of rotatable bonds is 1. The quantitative estimate of drug-likeness (QED) is 0.804. The summed E-state index contributed by atoms with van der Waals surface area (Å²) >= 11 is 12.2. The first-order valence-electron chi connectivity index (χ1n) is 4.52. The molecule has 0 bridgehead atoms. The van der Waals surface area contributed by atoms with Crippen molar-refractivity contribution >= 4 is 23.2 Å². The molecule has 14 heavy (non-hydrogen) atoms. The molecule has 1 aliphatic heterocycles. The van der Waals surface area contributed by atoms with Crippen LogP contribution in [0, 0.1) is 0 Å². The van der Waals surface area contributed by atoms with Crippen LogP contribution in [0.3, 0.4) is 0 Å². The van der Waals surface area contributed by atoms with Gasteiger partial charge in [0.15, 0.2) is 0 Å². The predicted molar refractivity (Wildman–Crippen MR) is 59.7 cm³/mol. The van der Waals surface area contributed by atoms with Crippen LogP contribution < -0.4 is 5.73 Å². The monoisotopic (exact) mass is 230 g/mol. The highest BCUT2D eigenvalue weighted by molar-refractivity contribution is 6.34. The maximum Gasteiger partial charge on any atom is 0.0489 e. The Hall–Kier alpha value is -0.280. The van der Waals surface area contributed by atoms with Crippen LogP contribution in [0.25, 0.3) is 0 Å². The van der Waals surface area contributed by atoms with Crippen molar-refractivity contribution in [2.75, 3.05) is 13.6 Å². The average molecular weight is 231 g/mol. The molecule has 4 heteroatoms. The highest BCUT2D eigenvalue weighted by Gasteiger charge is 2.29. The minimum absolute atomic E-state index is 0.205. The maximum atomic E-state index is 6.14. The van der Waals surface area contributed by atoms with Crippen molar-refractivity contribution in [3.63, 3.8) is 0 Å². The number of hydrogen-bond donors (Lipinski definition) is 1. The van der Waals surface area contributed by atoms with E-state index in [0.29, 0.717) is 6.54 Å². The molecule has 1 aromatic carbocycles. The van der Waals surface area contributed by atoms with Crippen LogP contribution in [-0.4, -0.2) is 18.5 Å². The Labute approximate surface area is 93.6 Å². The zero-order chi connectivity index (χ0) is 10.3. The van der Waals surface area contributed by atoms with E-state index >= 15 is 0 Å². The zero-order valence-corrected chi connectivity index (χ0v) is 9.44. The van der Waals surface area contributed by atoms with Crippen molar-refractivity contribution in [3.05, 3.63) is 33.3 Å². The van der Waals surface area contributed by atoms with Gasteiger partial charge in [-0.1, -0.05) is 23.2 Å². The lowest BCUT2D eigenvalue weighted by Gasteiger charge is -2.18. The second-order valence-corrected chi connectivity index (χ2v) is 4.40. The third-order valence-electron chi connectivity index (χ3n) is 2.74. The lowest BCUT2D eigenvalue weighted by molar-refractivity contribution is 0.274. The molecule has 1 unspecified atom stereocenters. The number of hydrogen-bond acceptors (Lipinski definition) is 2. The van der Waals surface area contributed by atoms with Gasteiger partial charge in [0.05, 0.1) is 0 Å². The molecule has 2 N–H and O–H groups in total. The summed E-state index contributed by atoms with van der Waals surface area (Å²) in [7, 11) is 2.03. The molecule has 1 atom stereocenters. The van der Waals surface area contributed by atoms with E-state index in [9.17, 15) is 0 Å². The second-order valence-electron chi connectivity index (χ2n) is 3.59. The molecule has 0 aliphatic carbocycles. The summed E-state index contributed by atoms with van der Waals surface area (Å²) in [6.07, 6.45) is 0. The average Bonchev–Trinajstić information content (AvgIpc) is 2.50. The van der Waals surface area contributed by atoms with Crippen molar-refractivity contribution in [3.8, 4) is 0 Å². The van der Waals surface area contributed by atoms with Gasteiger partial charge in [-0.2, -0.15) is 0 Å². The summed E-state index contributed by atoms with van der Waals surface area (Å²) in [5, 5.41) is 1.55. The minimum atomic E-state index is 0.205. The fourth-order valence-electron chi connectivity index (χ4n) is 2.01. The van der Waals surface area contributed by atoms with Gasteiger partial charge in [-0.05, 0) is 30.3 Å². The van der Waals surface area contributed by atoms with Crippen LogP contribution in [0.2, 0.25) is 10.0 Å². The molecule has 76 valence electrons. The number of likely N-dealkylation sites (N-methyl/N-ethyl adjacent to an activating group) is 1. The summed E-state index contributed by atoms with van der Waals surface area (Å²) in [6, 6.07) is 3.89. The smallest absolute Gasteiger partial charge is 0.0489 e. The van der Waals surface area contributed by atoms with Gasteiger partial charge in [-0.25, -0.2) is 0 Å². The Kier molecular flexibility index (Phi) is 2.71. The molecule has 0 spiro atoms. The predicted octanol–water partition coefficient (Wildman–Crippen LogP) is 2.44. The van der Waals surface area contributed by atoms with E-state index in [1.807, 2.05) is 19.2 Å². The number of halogens is 2. The molecule has 1 aromatic rings. The maximum absolute atomic E-state index is 6.14. The highest BCUT2D eigenvalue weighted by Crippen LogP contribution is 2.40. The van der Waals surface area contributed by atoms with E-state index in [-0.39, 0.29) is 6.04 Å². The van der Waals surface area contributed by atoms with E-state index in [1.54, 1.807) is 0 Å². The molecule has 0 aromatic heterocycles. The van der Waals surface area contributed by atoms with Gasteiger partial charge in [0, 0.05) is 29.2 Å². The zero-order valence-electron chi connectivity index (χ0n) is 7.93. The fourth-order valence-corrected chi connectivity index (χ4v) is 2.54. The third-order valence-corrected chi connectivity index (χ3v) is 3.43. The summed E-state index contributed by atoms with van der Waals surface area (Å²) in [6.45, 7) is 1.40. The van der Waals surface area contributed by atoms with Gasteiger partial charge in [-0.3, -0.25) is 4.90 Å². The van der Waals surface area contributed by atoms with Crippen LogP contribution >= 0.6 is 23.2 Å². The Bertz CT molecular complexity index is 365. The SMILES string of the molecule is CN1Cc2c(Cl)ccc(Cl)c2C1CN.